The van der Waals surface area contributed by atoms with Crippen LogP contribution in [0.25, 0.3) is 0 Å². The van der Waals surface area contributed by atoms with Gasteiger partial charge in [-0.05, 0) is 5.56 Å². The number of likely N-dealkylation sites (N-methyl/N-ethyl adjacent to an activating group) is 2. The Morgan fingerprint density at radius 2 is 1.88 bits per heavy atom. The Morgan fingerprint density at radius 1 is 1.20 bits per heavy atom. The summed E-state index contributed by atoms with van der Waals surface area (Å²) in [6.45, 7) is 0.00782. The minimum atomic E-state index is -1.09. The highest BCUT2D eigenvalue weighted by molar-refractivity contribution is 6.23. The van der Waals surface area contributed by atoms with Gasteiger partial charge in [0, 0.05) is 7.05 Å². The van der Waals surface area contributed by atoms with E-state index in [4.69, 9.17) is 0 Å². The van der Waals surface area contributed by atoms with Gasteiger partial charge in [-0.15, -0.1) is 0 Å². The summed E-state index contributed by atoms with van der Waals surface area (Å²) in [6.07, 6.45) is 0. The van der Waals surface area contributed by atoms with Gasteiger partial charge >= 0.3 is 23.8 Å². The second kappa shape index (κ2) is 6.29. The molecule has 9 heteroatoms. The van der Waals surface area contributed by atoms with E-state index in [0.29, 0.717) is 6.54 Å². The molecule has 0 aromatic heterocycles. The van der Waals surface area contributed by atoms with Gasteiger partial charge in [-0.2, -0.15) is 0 Å². The second-order valence-corrected chi connectivity index (χ2v) is 5.80. The number of aliphatic carboxylic acids is 1. The molecule has 2 aliphatic rings. The van der Waals surface area contributed by atoms with E-state index in [2.05, 4.69) is 9.98 Å². The molecule has 1 atom stereocenters. The van der Waals surface area contributed by atoms with Crippen molar-refractivity contribution in [1.29, 1.82) is 0 Å². The molecule has 0 aliphatic carbocycles. The Kier molecular flexibility index (Phi) is 4.16. The second-order valence-electron chi connectivity index (χ2n) is 5.80. The third-order valence-corrected chi connectivity index (χ3v) is 4.13. The molecule has 0 spiro atoms. The fraction of sp³-hybridized carbons (Fsp3) is 0.312. The van der Waals surface area contributed by atoms with Gasteiger partial charge in [0.05, 0.1) is 13.6 Å². The molecule has 130 valence electrons. The van der Waals surface area contributed by atoms with Crippen LogP contribution in [0.5, 0.6) is 0 Å². The maximum Gasteiger partial charge on any atom is 0.399 e. The van der Waals surface area contributed by atoms with Gasteiger partial charge in [0.15, 0.2) is 6.54 Å². The molecule has 1 unspecified atom stereocenters. The first kappa shape index (κ1) is 16.5. The van der Waals surface area contributed by atoms with Crippen LogP contribution >= 0.6 is 0 Å². The van der Waals surface area contributed by atoms with Crippen molar-refractivity contribution < 1.29 is 19.5 Å². The molecule has 9 nitrogen and oxygen atoms in total. The van der Waals surface area contributed by atoms with E-state index in [1.165, 1.54) is 23.9 Å². The Hall–Kier alpha value is -3.32. The molecular formula is C16H18N5O4+. The monoisotopic (exact) mass is 344 g/mol. The lowest BCUT2D eigenvalue weighted by molar-refractivity contribution is -0.138. The Balaban J connectivity index is 1.90. The third-order valence-electron chi connectivity index (χ3n) is 4.13. The number of carboxylic acids is 1. The van der Waals surface area contributed by atoms with E-state index in [1.54, 1.807) is 0 Å². The zero-order valence-corrected chi connectivity index (χ0v) is 13.8. The lowest BCUT2D eigenvalue weighted by Crippen LogP contribution is -2.64. The molecule has 3 amide bonds. The minimum Gasteiger partial charge on any atom is -0.479 e. The largest absolute Gasteiger partial charge is 0.479 e. The summed E-state index contributed by atoms with van der Waals surface area (Å²) in [4.78, 5) is 39.4. The van der Waals surface area contributed by atoms with Crippen LogP contribution in [0.3, 0.4) is 0 Å². The van der Waals surface area contributed by atoms with Gasteiger partial charge in [-0.1, -0.05) is 30.3 Å². The third kappa shape index (κ3) is 2.92. The molecule has 0 saturated carbocycles. The van der Waals surface area contributed by atoms with Crippen LogP contribution in [-0.4, -0.2) is 76.2 Å². The summed E-state index contributed by atoms with van der Waals surface area (Å²) >= 11 is 0. The molecule has 2 aliphatic heterocycles. The van der Waals surface area contributed by atoms with Gasteiger partial charge in [0.1, 0.15) is 0 Å². The first-order chi connectivity index (χ1) is 11.9. The van der Waals surface area contributed by atoms with Crippen LogP contribution in [0.2, 0.25) is 0 Å². The van der Waals surface area contributed by atoms with E-state index in [-0.39, 0.29) is 11.8 Å². The van der Waals surface area contributed by atoms with Gasteiger partial charge in [0.2, 0.25) is 6.04 Å². The number of imide groups is 1. The fourth-order valence-corrected chi connectivity index (χ4v) is 2.83. The van der Waals surface area contributed by atoms with E-state index in [9.17, 15) is 19.5 Å². The summed E-state index contributed by atoms with van der Waals surface area (Å²) in [5.74, 6) is -1.11. The maximum absolute atomic E-state index is 12.5. The molecule has 0 radical (unpaired) electrons. The number of rotatable bonds is 4. The number of amidine groups is 1. The van der Waals surface area contributed by atoms with Gasteiger partial charge < -0.3 is 5.11 Å². The number of amides is 3. The smallest absolute Gasteiger partial charge is 0.399 e. The molecular weight excluding hydrogens is 326 g/mol. The van der Waals surface area contributed by atoms with Crippen molar-refractivity contribution in [2.24, 2.45) is 0 Å². The molecule has 1 aromatic rings. The SMILES string of the molecule is CN1C(=O)C2C(=[N+]=C(NCc3ccccc3)N2CC(=O)O)N(C)C1=O. The topological polar surface area (TPSA) is 107 Å². The molecule has 2 N–H and O–H groups in total. The zero-order chi connectivity index (χ0) is 18.1. The summed E-state index contributed by atoms with van der Waals surface area (Å²) in [5, 5.41) is 12.3. The van der Waals surface area contributed by atoms with Crippen LogP contribution in [-0.2, 0) is 16.1 Å². The predicted molar refractivity (Wildman–Crippen MR) is 89.5 cm³/mol. The standard InChI is InChI=1S/C16H17N5O4/c1-19-13-12(14(24)20(2)16(19)25)21(9-11(22)23)15(18-13)17-8-10-6-4-3-5-7-10/h3-7,12H,8-9H2,1-2H3,(H,22,23)/p+1. The van der Waals surface area contributed by atoms with Crippen molar-refractivity contribution >= 4 is 29.7 Å². The number of urea groups is 1. The number of hydrogen-bond donors (Lipinski definition) is 2. The highest BCUT2D eigenvalue weighted by atomic mass is 16.4. The van der Waals surface area contributed by atoms with Crippen molar-refractivity contribution in [1.82, 2.24) is 24.7 Å². The van der Waals surface area contributed by atoms with Crippen LogP contribution in [0.1, 0.15) is 5.56 Å². The fourth-order valence-electron chi connectivity index (χ4n) is 2.83. The Morgan fingerprint density at radius 3 is 2.52 bits per heavy atom. The number of carbonyl (C=O) groups excluding carboxylic acids is 2. The Bertz CT molecular complexity index is 800. The van der Waals surface area contributed by atoms with E-state index in [1.807, 2.05) is 30.3 Å². The van der Waals surface area contributed by atoms with Crippen molar-refractivity contribution in [3.8, 4) is 0 Å². The predicted octanol–water partition coefficient (Wildman–Crippen LogP) is -1.11. The van der Waals surface area contributed by atoms with E-state index < -0.39 is 30.5 Å². The number of benzene rings is 1. The van der Waals surface area contributed by atoms with Crippen LogP contribution in [0.4, 0.5) is 4.79 Å². The minimum absolute atomic E-state index is 0.227. The molecule has 1 aromatic carbocycles. The highest BCUT2D eigenvalue weighted by Gasteiger charge is 2.54. The van der Waals surface area contributed by atoms with E-state index in [0.717, 1.165) is 10.5 Å². The normalized spacial score (nSPS) is 19.6. The maximum atomic E-state index is 12.5. The van der Waals surface area contributed by atoms with Crippen LogP contribution in [0, 0.1) is 0 Å². The number of nitrogens with one attached hydrogen (secondary N) is 1. The summed E-state index contributed by atoms with van der Waals surface area (Å²) in [6, 6.07) is 8.08. The van der Waals surface area contributed by atoms with E-state index >= 15 is 0 Å². The number of fused-ring (bicyclic) bond motifs is 1. The number of hydrogen-bond acceptors (Lipinski definition) is 5. The lowest BCUT2D eigenvalue weighted by atomic mass is 10.1. The molecule has 1 fully saturated rings. The summed E-state index contributed by atoms with van der Waals surface area (Å²) < 4.78 is 4.32. The van der Waals surface area contributed by atoms with Crippen LogP contribution < -0.4 is 9.98 Å². The zero-order valence-electron chi connectivity index (χ0n) is 13.8. The first-order valence-electron chi connectivity index (χ1n) is 7.67. The van der Waals surface area contributed by atoms with Crippen molar-refractivity contribution in [2.45, 2.75) is 12.6 Å². The quantitative estimate of drug-likeness (QED) is 0.671. The molecule has 2 heterocycles. The number of guanidine groups is 1. The van der Waals surface area contributed by atoms with Crippen LogP contribution in [0.15, 0.2) is 30.3 Å². The van der Waals surface area contributed by atoms with Crippen molar-refractivity contribution in [3.05, 3.63) is 35.9 Å². The Labute approximate surface area is 143 Å². The molecule has 3 rings (SSSR count). The van der Waals surface area contributed by atoms with Crippen molar-refractivity contribution in [3.63, 3.8) is 0 Å². The summed E-state index contributed by atoms with van der Waals surface area (Å²) in [5.41, 5.74) is 0.980. The molecule has 25 heavy (non-hydrogen) atoms. The highest BCUT2D eigenvalue weighted by Crippen LogP contribution is 2.17. The molecule has 1 saturated heterocycles. The van der Waals surface area contributed by atoms with Gasteiger partial charge in [-0.25, -0.2) is 24.1 Å². The van der Waals surface area contributed by atoms with Gasteiger partial charge in [-0.3, -0.25) is 15.0 Å². The number of carboxylic acid groups (broad SMARTS) is 1. The van der Waals surface area contributed by atoms with Gasteiger partial charge in [0.25, 0.3) is 5.91 Å². The summed E-state index contributed by atoms with van der Waals surface area (Å²) in [7, 11) is 2.88. The number of carbonyl (C=O) groups is 3. The average Bonchev–Trinajstić information content (AvgIpc) is 2.95. The first-order valence-corrected chi connectivity index (χ1v) is 7.67. The lowest BCUT2D eigenvalue weighted by Gasteiger charge is -2.31. The van der Waals surface area contributed by atoms with Crippen molar-refractivity contribution in [2.75, 3.05) is 20.6 Å². The number of nitrogens with zero attached hydrogens (tertiary/aromatic N) is 4. The average molecular weight is 344 g/mol. The molecule has 0 bridgehead atoms.